The molecule has 154 valence electrons. The maximum Gasteiger partial charge on any atom is 0.314 e. The Hall–Kier alpha value is -3.61. The van der Waals surface area contributed by atoms with Gasteiger partial charge in [-0.15, -0.1) is 0 Å². The fraction of sp³-hybridized carbons (Fsp3) is 0.261. The number of carboxylic acid groups (broad SMARTS) is 1. The van der Waals surface area contributed by atoms with E-state index < -0.39 is 11.4 Å². The SMILES string of the molecule is COc1ccc(-c2cc(C(=O)N3CCC(C(=O)O)(c4ccccc4)CC3)on2)cc1. The largest absolute Gasteiger partial charge is 0.497 e. The summed E-state index contributed by atoms with van der Waals surface area (Å²) in [7, 11) is 1.59. The van der Waals surface area contributed by atoms with Gasteiger partial charge >= 0.3 is 5.97 Å². The van der Waals surface area contributed by atoms with Crippen LogP contribution in [-0.2, 0) is 10.2 Å². The molecule has 1 aliphatic rings. The van der Waals surface area contributed by atoms with Crippen LogP contribution in [0.3, 0.4) is 0 Å². The molecule has 1 aromatic heterocycles. The predicted octanol–water partition coefficient (Wildman–Crippen LogP) is 3.61. The van der Waals surface area contributed by atoms with E-state index in [-0.39, 0.29) is 11.7 Å². The average Bonchev–Trinajstić information content (AvgIpc) is 3.29. The number of hydrogen-bond donors (Lipinski definition) is 1. The average molecular weight is 406 g/mol. The number of piperidine rings is 1. The van der Waals surface area contributed by atoms with Gasteiger partial charge in [-0.2, -0.15) is 0 Å². The van der Waals surface area contributed by atoms with Crippen molar-refractivity contribution >= 4 is 11.9 Å². The lowest BCUT2D eigenvalue weighted by Crippen LogP contribution is -2.49. The van der Waals surface area contributed by atoms with Crippen molar-refractivity contribution in [3.63, 3.8) is 0 Å². The Kier molecular flexibility index (Phi) is 5.27. The van der Waals surface area contributed by atoms with Crippen molar-refractivity contribution in [2.24, 2.45) is 0 Å². The highest BCUT2D eigenvalue weighted by atomic mass is 16.5. The monoisotopic (exact) mass is 406 g/mol. The van der Waals surface area contributed by atoms with Crippen LogP contribution in [0.1, 0.15) is 29.0 Å². The molecule has 0 aliphatic carbocycles. The molecule has 2 heterocycles. The van der Waals surface area contributed by atoms with Crippen LogP contribution in [-0.4, -0.2) is 47.2 Å². The summed E-state index contributed by atoms with van der Waals surface area (Å²) in [6.45, 7) is 0.664. The Morgan fingerprint density at radius 3 is 2.33 bits per heavy atom. The highest BCUT2D eigenvalue weighted by Crippen LogP contribution is 2.36. The summed E-state index contributed by atoms with van der Waals surface area (Å²) < 4.78 is 10.4. The first-order valence-electron chi connectivity index (χ1n) is 9.73. The first kappa shape index (κ1) is 19.7. The topological polar surface area (TPSA) is 92.9 Å². The maximum atomic E-state index is 12.9. The number of carbonyl (C=O) groups excluding carboxylic acids is 1. The van der Waals surface area contributed by atoms with Gasteiger partial charge < -0.3 is 19.3 Å². The molecule has 1 fully saturated rings. The quantitative estimate of drug-likeness (QED) is 0.696. The molecule has 0 radical (unpaired) electrons. The summed E-state index contributed by atoms with van der Waals surface area (Å²) >= 11 is 0. The molecule has 7 heteroatoms. The molecule has 3 aromatic rings. The van der Waals surface area contributed by atoms with Crippen molar-refractivity contribution in [3.8, 4) is 17.0 Å². The van der Waals surface area contributed by atoms with Gasteiger partial charge in [0.05, 0.1) is 12.5 Å². The number of benzene rings is 2. The van der Waals surface area contributed by atoms with Crippen LogP contribution >= 0.6 is 0 Å². The van der Waals surface area contributed by atoms with E-state index in [1.807, 2.05) is 54.6 Å². The molecule has 1 amide bonds. The number of ether oxygens (including phenoxy) is 1. The first-order valence-corrected chi connectivity index (χ1v) is 9.73. The highest BCUT2D eigenvalue weighted by Gasteiger charge is 2.44. The summed E-state index contributed by atoms with van der Waals surface area (Å²) in [6, 6.07) is 18.1. The van der Waals surface area contributed by atoms with Crippen LogP contribution in [0.15, 0.2) is 65.2 Å². The molecule has 0 saturated carbocycles. The van der Waals surface area contributed by atoms with Crippen molar-refractivity contribution in [2.75, 3.05) is 20.2 Å². The molecule has 0 atom stereocenters. The molecule has 4 rings (SSSR count). The summed E-state index contributed by atoms with van der Waals surface area (Å²) in [4.78, 5) is 26.6. The molecule has 1 saturated heterocycles. The Morgan fingerprint density at radius 1 is 1.07 bits per heavy atom. The van der Waals surface area contributed by atoms with E-state index in [1.165, 1.54) is 0 Å². The van der Waals surface area contributed by atoms with E-state index in [0.717, 1.165) is 16.9 Å². The van der Waals surface area contributed by atoms with Gasteiger partial charge in [-0.25, -0.2) is 0 Å². The Morgan fingerprint density at radius 2 is 1.73 bits per heavy atom. The molecule has 2 aromatic carbocycles. The maximum absolute atomic E-state index is 12.9. The fourth-order valence-electron chi connectivity index (χ4n) is 3.90. The van der Waals surface area contributed by atoms with Crippen LogP contribution in [0, 0.1) is 0 Å². The molecular weight excluding hydrogens is 384 g/mol. The van der Waals surface area contributed by atoms with E-state index in [9.17, 15) is 14.7 Å². The van der Waals surface area contributed by atoms with Crippen LogP contribution in [0.5, 0.6) is 5.75 Å². The van der Waals surface area contributed by atoms with Crippen LogP contribution in [0.25, 0.3) is 11.3 Å². The molecular formula is C23H22N2O5. The lowest BCUT2D eigenvalue weighted by Gasteiger charge is -2.38. The second kappa shape index (κ2) is 8.02. The molecule has 30 heavy (non-hydrogen) atoms. The predicted molar refractivity (Wildman–Crippen MR) is 109 cm³/mol. The third kappa shape index (κ3) is 3.54. The van der Waals surface area contributed by atoms with Crippen molar-refractivity contribution in [2.45, 2.75) is 18.3 Å². The van der Waals surface area contributed by atoms with E-state index in [2.05, 4.69) is 5.16 Å². The minimum absolute atomic E-state index is 0.142. The number of carbonyl (C=O) groups is 2. The van der Waals surface area contributed by atoms with Crippen molar-refractivity contribution < 1.29 is 24.0 Å². The number of amides is 1. The molecule has 0 spiro atoms. The zero-order valence-corrected chi connectivity index (χ0v) is 16.6. The third-order valence-corrected chi connectivity index (χ3v) is 5.75. The normalized spacial score (nSPS) is 15.6. The zero-order valence-electron chi connectivity index (χ0n) is 16.6. The zero-order chi connectivity index (χ0) is 21.1. The molecule has 1 N–H and O–H groups in total. The standard InChI is InChI=1S/C23H22N2O5/c1-29-18-9-7-16(8-10-18)19-15-20(30-24-19)21(26)25-13-11-23(12-14-25,22(27)28)17-5-3-2-4-6-17/h2-10,15H,11-14H2,1H3,(H,27,28). The smallest absolute Gasteiger partial charge is 0.314 e. The lowest BCUT2D eigenvalue weighted by molar-refractivity contribution is -0.145. The van der Waals surface area contributed by atoms with Gasteiger partial charge in [0.2, 0.25) is 5.76 Å². The molecule has 1 aliphatic heterocycles. The van der Waals surface area contributed by atoms with Crippen LogP contribution in [0.2, 0.25) is 0 Å². The van der Waals surface area contributed by atoms with Crippen molar-refractivity contribution in [3.05, 3.63) is 72.0 Å². The molecule has 7 nitrogen and oxygen atoms in total. The Balaban J connectivity index is 1.48. The molecule has 0 bridgehead atoms. The van der Waals surface area contributed by atoms with E-state index in [0.29, 0.717) is 31.6 Å². The van der Waals surface area contributed by atoms with Crippen LogP contribution < -0.4 is 4.74 Å². The van der Waals surface area contributed by atoms with Crippen LogP contribution in [0.4, 0.5) is 0 Å². The number of methoxy groups -OCH3 is 1. The number of nitrogens with zero attached hydrogens (tertiary/aromatic N) is 2. The third-order valence-electron chi connectivity index (χ3n) is 5.75. The highest BCUT2D eigenvalue weighted by molar-refractivity contribution is 5.93. The first-order chi connectivity index (χ1) is 14.5. The second-order valence-electron chi connectivity index (χ2n) is 7.35. The lowest BCUT2D eigenvalue weighted by atomic mass is 9.73. The van der Waals surface area contributed by atoms with Gasteiger partial charge in [-0.1, -0.05) is 35.5 Å². The van der Waals surface area contributed by atoms with Crippen molar-refractivity contribution in [1.29, 1.82) is 0 Å². The minimum Gasteiger partial charge on any atom is -0.497 e. The van der Waals surface area contributed by atoms with Crippen molar-refractivity contribution in [1.82, 2.24) is 10.1 Å². The van der Waals surface area contributed by atoms with Gasteiger partial charge in [0.15, 0.2) is 0 Å². The minimum atomic E-state index is -0.978. The number of hydrogen-bond acceptors (Lipinski definition) is 5. The van der Waals surface area contributed by atoms with E-state index >= 15 is 0 Å². The van der Waals surface area contributed by atoms with E-state index in [4.69, 9.17) is 9.26 Å². The summed E-state index contributed by atoms with van der Waals surface area (Å²) in [5, 5.41) is 13.9. The Labute approximate surface area is 173 Å². The number of aliphatic carboxylic acids is 1. The van der Waals surface area contributed by atoms with Gasteiger partial charge in [0, 0.05) is 24.7 Å². The van der Waals surface area contributed by atoms with E-state index in [1.54, 1.807) is 18.1 Å². The number of rotatable bonds is 5. The van der Waals surface area contributed by atoms with Gasteiger partial charge in [-0.05, 0) is 42.7 Å². The molecule has 0 unspecified atom stereocenters. The number of aromatic nitrogens is 1. The summed E-state index contributed by atoms with van der Waals surface area (Å²) in [5.41, 5.74) is 1.16. The summed E-state index contributed by atoms with van der Waals surface area (Å²) in [6.07, 6.45) is 0.690. The number of carboxylic acids is 1. The van der Waals surface area contributed by atoms with Gasteiger partial charge in [-0.3, -0.25) is 9.59 Å². The summed E-state index contributed by atoms with van der Waals surface area (Å²) in [5.74, 6) is -0.271. The van der Waals surface area contributed by atoms with Gasteiger partial charge in [0.1, 0.15) is 11.4 Å². The Bertz CT molecular complexity index is 1030. The van der Waals surface area contributed by atoms with Gasteiger partial charge in [0.25, 0.3) is 5.91 Å². The number of likely N-dealkylation sites (tertiary alicyclic amines) is 1. The fourth-order valence-corrected chi connectivity index (χ4v) is 3.90. The second-order valence-corrected chi connectivity index (χ2v) is 7.35.